The van der Waals surface area contributed by atoms with E-state index in [-0.39, 0.29) is 29.2 Å². The molecule has 0 radical (unpaired) electrons. The van der Waals surface area contributed by atoms with E-state index in [2.05, 4.69) is 10.3 Å². The van der Waals surface area contributed by atoms with Gasteiger partial charge in [-0.25, -0.2) is 4.98 Å². The van der Waals surface area contributed by atoms with Crippen LogP contribution < -0.4 is 11.1 Å². The van der Waals surface area contributed by atoms with Crippen LogP contribution in [0, 0.1) is 21.4 Å². The second kappa shape index (κ2) is 6.30. The Labute approximate surface area is 117 Å². The van der Waals surface area contributed by atoms with Gasteiger partial charge in [0.05, 0.1) is 10.5 Å². The monoisotopic (exact) mass is 275 g/mol. The summed E-state index contributed by atoms with van der Waals surface area (Å²) in [7, 11) is 0. The number of hydrogen-bond acceptors (Lipinski definition) is 6. The van der Waals surface area contributed by atoms with Crippen molar-refractivity contribution >= 4 is 11.5 Å². The third kappa shape index (κ3) is 3.22. The van der Waals surface area contributed by atoms with Crippen molar-refractivity contribution in [2.24, 2.45) is 5.73 Å². The molecule has 2 atom stereocenters. The number of anilines is 1. The number of nitrogens with two attached hydrogens (primary N) is 1. The third-order valence-corrected chi connectivity index (χ3v) is 3.58. The molecule has 0 saturated heterocycles. The van der Waals surface area contributed by atoms with Gasteiger partial charge in [0.25, 0.3) is 0 Å². The van der Waals surface area contributed by atoms with Gasteiger partial charge in [0.1, 0.15) is 6.07 Å². The summed E-state index contributed by atoms with van der Waals surface area (Å²) in [5.41, 5.74) is 6.09. The van der Waals surface area contributed by atoms with Crippen molar-refractivity contribution in [1.82, 2.24) is 4.98 Å². The molecule has 7 heteroatoms. The minimum atomic E-state index is -0.529. The van der Waals surface area contributed by atoms with Gasteiger partial charge in [-0.1, -0.05) is 19.3 Å². The molecule has 3 N–H and O–H groups in total. The lowest BCUT2D eigenvalue weighted by molar-refractivity contribution is -0.384. The summed E-state index contributed by atoms with van der Waals surface area (Å²) >= 11 is 0. The average molecular weight is 275 g/mol. The minimum Gasteiger partial charge on any atom is -0.360 e. The van der Waals surface area contributed by atoms with Crippen molar-refractivity contribution in [3.8, 4) is 6.07 Å². The van der Waals surface area contributed by atoms with Gasteiger partial charge in [-0.3, -0.25) is 10.1 Å². The Hall–Kier alpha value is -2.20. The number of nitriles is 1. The first-order valence-electron chi connectivity index (χ1n) is 6.68. The first kappa shape index (κ1) is 14.2. The number of nitrogens with zero attached hydrogens (tertiary/aromatic N) is 3. The summed E-state index contributed by atoms with van der Waals surface area (Å²) in [6.45, 7) is 0. The smallest absolute Gasteiger partial charge is 0.312 e. The molecule has 1 aliphatic rings. The molecule has 1 saturated carbocycles. The number of nitro groups is 1. The zero-order valence-electron chi connectivity index (χ0n) is 11.1. The first-order chi connectivity index (χ1) is 9.61. The van der Waals surface area contributed by atoms with E-state index >= 15 is 0 Å². The summed E-state index contributed by atoms with van der Waals surface area (Å²) in [4.78, 5) is 14.5. The van der Waals surface area contributed by atoms with Gasteiger partial charge in [0.2, 0.25) is 5.82 Å². The predicted octanol–water partition coefficient (Wildman–Crippen LogP) is 1.93. The van der Waals surface area contributed by atoms with Crippen LogP contribution in [0.25, 0.3) is 0 Å². The van der Waals surface area contributed by atoms with E-state index in [1.807, 2.05) is 6.07 Å². The van der Waals surface area contributed by atoms with Crippen molar-refractivity contribution in [2.45, 2.75) is 44.2 Å². The van der Waals surface area contributed by atoms with Crippen LogP contribution in [0.1, 0.15) is 37.7 Å². The van der Waals surface area contributed by atoms with E-state index < -0.39 is 4.92 Å². The van der Waals surface area contributed by atoms with E-state index in [1.54, 1.807) is 0 Å². The van der Waals surface area contributed by atoms with Crippen LogP contribution in [-0.2, 0) is 0 Å². The van der Waals surface area contributed by atoms with E-state index in [4.69, 9.17) is 11.0 Å². The number of nitrogens with one attached hydrogen (secondary N) is 1. The molecule has 0 aromatic carbocycles. The SMILES string of the molecule is N#Cc1cnc(NC2CCCCCC2N)c([N+](=O)[O-])c1. The standard InChI is InChI=1S/C13H17N5O2/c14-7-9-6-12(18(19)20)13(16-8-9)17-11-5-3-1-2-4-10(11)15/h6,8,10-11H,1-5,15H2,(H,16,17). The topological polar surface area (TPSA) is 118 Å². The maximum atomic E-state index is 11.1. The second-order valence-electron chi connectivity index (χ2n) is 5.01. The minimum absolute atomic E-state index is 0.0170. The summed E-state index contributed by atoms with van der Waals surface area (Å²) < 4.78 is 0. The molecule has 0 bridgehead atoms. The van der Waals surface area contributed by atoms with Gasteiger partial charge in [-0.2, -0.15) is 5.26 Å². The van der Waals surface area contributed by atoms with Crippen LogP contribution in [0.2, 0.25) is 0 Å². The van der Waals surface area contributed by atoms with Crippen LogP contribution in [0.4, 0.5) is 11.5 Å². The molecule has 1 fully saturated rings. The fraction of sp³-hybridized carbons (Fsp3) is 0.538. The number of hydrogen-bond donors (Lipinski definition) is 2. The van der Waals surface area contributed by atoms with Crippen LogP contribution >= 0.6 is 0 Å². The van der Waals surface area contributed by atoms with Gasteiger partial charge in [0, 0.05) is 24.3 Å². The van der Waals surface area contributed by atoms with E-state index in [0.29, 0.717) is 0 Å². The molecule has 1 aromatic rings. The fourth-order valence-electron chi connectivity index (χ4n) is 2.46. The molecular weight excluding hydrogens is 258 g/mol. The van der Waals surface area contributed by atoms with Gasteiger partial charge >= 0.3 is 5.69 Å². The third-order valence-electron chi connectivity index (χ3n) is 3.58. The molecule has 7 nitrogen and oxygen atoms in total. The van der Waals surface area contributed by atoms with Gasteiger partial charge < -0.3 is 11.1 Å². The fourth-order valence-corrected chi connectivity index (χ4v) is 2.46. The van der Waals surface area contributed by atoms with Crippen molar-refractivity contribution < 1.29 is 4.92 Å². The molecule has 2 unspecified atom stereocenters. The Kier molecular flexibility index (Phi) is 4.48. The summed E-state index contributed by atoms with van der Waals surface area (Å²) in [6, 6.07) is 3.04. The summed E-state index contributed by atoms with van der Waals surface area (Å²) in [6.07, 6.45) is 6.38. The van der Waals surface area contributed by atoms with Crippen molar-refractivity contribution in [3.63, 3.8) is 0 Å². The summed E-state index contributed by atoms with van der Waals surface area (Å²) in [5, 5.41) is 22.9. The van der Waals surface area contributed by atoms with Gasteiger partial charge in [-0.05, 0) is 12.8 Å². The highest BCUT2D eigenvalue weighted by Crippen LogP contribution is 2.26. The molecule has 0 spiro atoms. The molecular formula is C13H17N5O2. The zero-order chi connectivity index (χ0) is 14.5. The van der Waals surface area contributed by atoms with Crippen molar-refractivity contribution in [2.75, 3.05) is 5.32 Å². The molecule has 0 amide bonds. The Bertz CT molecular complexity index is 540. The molecule has 0 aliphatic heterocycles. The van der Waals surface area contributed by atoms with E-state index in [1.165, 1.54) is 12.3 Å². The maximum Gasteiger partial charge on any atom is 0.312 e. The number of rotatable bonds is 3. The Morgan fingerprint density at radius 3 is 2.90 bits per heavy atom. The zero-order valence-corrected chi connectivity index (χ0v) is 11.1. The molecule has 1 aliphatic carbocycles. The second-order valence-corrected chi connectivity index (χ2v) is 5.01. The Morgan fingerprint density at radius 2 is 2.20 bits per heavy atom. The lowest BCUT2D eigenvalue weighted by Gasteiger charge is -2.23. The summed E-state index contributed by atoms with van der Waals surface area (Å²) in [5.74, 6) is 0.191. The molecule has 1 aromatic heterocycles. The van der Waals surface area contributed by atoms with Crippen LogP contribution in [0.15, 0.2) is 12.3 Å². The van der Waals surface area contributed by atoms with Gasteiger partial charge in [-0.15, -0.1) is 0 Å². The maximum absolute atomic E-state index is 11.1. The molecule has 20 heavy (non-hydrogen) atoms. The average Bonchev–Trinajstić information content (AvgIpc) is 2.64. The number of pyridine rings is 1. The van der Waals surface area contributed by atoms with Crippen LogP contribution in [-0.4, -0.2) is 22.0 Å². The highest BCUT2D eigenvalue weighted by molar-refractivity contribution is 5.58. The van der Waals surface area contributed by atoms with Gasteiger partial charge in [0.15, 0.2) is 0 Å². The lowest BCUT2D eigenvalue weighted by atomic mass is 10.0. The normalized spacial score (nSPS) is 22.6. The first-order valence-corrected chi connectivity index (χ1v) is 6.68. The Morgan fingerprint density at radius 1 is 1.45 bits per heavy atom. The van der Waals surface area contributed by atoms with Crippen LogP contribution in [0.5, 0.6) is 0 Å². The molecule has 106 valence electrons. The van der Waals surface area contributed by atoms with E-state index in [9.17, 15) is 10.1 Å². The number of aromatic nitrogens is 1. The van der Waals surface area contributed by atoms with E-state index in [0.717, 1.165) is 32.1 Å². The lowest BCUT2D eigenvalue weighted by Crippen LogP contribution is -2.39. The molecule has 2 rings (SSSR count). The largest absolute Gasteiger partial charge is 0.360 e. The quantitative estimate of drug-likeness (QED) is 0.494. The predicted molar refractivity (Wildman–Crippen MR) is 74.1 cm³/mol. The highest BCUT2D eigenvalue weighted by atomic mass is 16.6. The van der Waals surface area contributed by atoms with Crippen LogP contribution in [0.3, 0.4) is 0 Å². The van der Waals surface area contributed by atoms with Crippen molar-refractivity contribution in [1.29, 1.82) is 5.26 Å². The molecule has 1 heterocycles. The Balaban J connectivity index is 2.23. The van der Waals surface area contributed by atoms with Crippen molar-refractivity contribution in [3.05, 3.63) is 27.9 Å². The highest BCUT2D eigenvalue weighted by Gasteiger charge is 2.24.